The third-order valence-electron chi connectivity index (χ3n) is 1.86. The molecule has 0 spiro atoms. The highest BCUT2D eigenvalue weighted by molar-refractivity contribution is 7.19. The topological polar surface area (TPSA) is 0 Å². The van der Waals surface area contributed by atoms with E-state index in [4.69, 9.17) is 0 Å². The number of benzene rings is 1. The van der Waals surface area contributed by atoms with Gasteiger partial charge in [-0.1, -0.05) is 6.07 Å². The Labute approximate surface area is 74.6 Å². The maximum atomic E-state index is 12.3. The molecule has 0 N–H and O–H groups in total. The molecule has 0 nitrogen and oxygen atoms in total. The van der Waals surface area contributed by atoms with Gasteiger partial charge in [0.05, 0.1) is 0 Å². The molecule has 1 heterocycles. The van der Waals surface area contributed by atoms with Crippen LogP contribution < -0.4 is 0 Å². The first-order chi connectivity index (χ1) is 5.79. The molecule has 12 heavy (non-hydrogen) atoms. The second-order valence-corrected chi connectivity index (χ2v) is 4.15. The van der Waals surface area contributed by atoms with E-state index in [-0.39, 0.29) is 6.67 Å². The van der Waals surface area contributed by atoms with Crippen LogP contribution in [0.4, 0.5) is 4.39 Å². The molecule has 1 aromatic carbocycles. The standard InChI is InChI=1S/C10H9FS/c1-7-4-9-5-8(6-11)2-3-10(9)12-7/h2-5H,6H2,1H3. The van der Waals surface area contributed by atoms with Gasteiger partial charge < -0.3 is 0 Å². The van der Waals surface area contributed by atoms with Crippen LogP contribution in [0, 0.1) is 6.92 Å². The lowest BCUT2D eigenvalue weighted by atomic mass is 10.2. The average molecular weight is 180 g/mol. The second kappa shape index (κ2) is 2.87. The molecule has 0 saturated heterocycles. The van der Waals surface area contributed by atoms with Gasteiger partial charge in [0.2, 0.25) is 0 Å². The molecule has 0 bridgehead atoms. The molecule has 0 atom stereocenters. The van der Waals surface area contributed by atoms with E-state index in [1.807, 2.05) is 18.2 Å². The van der Waals surface area contributed by atoms with E-state index >= 15 is 0 Å². The molecular formula is C10H9FS. The van der Waals surface area contributed by atoms with Crippen molar-refractivity contribution in [3.8, 4) is 0 Å². The summed E-state index contributed by atoms with van der Waals surface area (Å²) in [5.41, 5.74) is 0.764. The monoisotopic (exact) mass is 180 g/mol. The van der Waals surface area contributed by atoms with Gasteiger partial charge in [0.1, 0.15) is 6.67 Å². The predicted octanol–water partition coefficient (Wildman–Crippen LogP) is 3.68. The van der Waals surface area contributed by atoms with Gasteiger partial charge in [-0.05, 0) is 36.1 Å². The minimum absolute atomic E-state index is 0.370. The fourth-order valence-electron chi connectivity index (χ4n) is 1.31. The van der Waals surface area contributed by atoms with E-state index in [0.717, 1.165) is 10.9 Å². The summed E-state index contributed by atoms with van der Waals surface area (Å²) in [5.74, 6) is 0. The Hall–Kier alpha value is -0.890. The van der Waals surface area contributed by atoms with Gasteiger partial charge in [0.25, 0.3) is 0 Å². The highest BCUT2D eigenvalue weighted by atomic mass is 32.1. The lowest BCUT2D eigenvalue weighted by Crippen LogP contribution is -1.74. The van der Waals surface area contributed by atoms with Gasteiger partial charge in [-0.25, -0.2) is 4.39 Å². The lowest BCUT2D eigenvalue weighted by molar-refractivity contribution is 0.485. The van der Waals surface area contributed by atoms with Crippen LogP contribution >= 0.6 is 11.3 Å². The number of halogens is 1. The summed E-state index contributed by atoms with van der Waals surface area (Å²) in [6.07, 6.45) is 0. The first-order valence-corrected chi connectivity index (χ1v) is 4.66. The van der Waals surface area contributed by atoms with Crippen molar-refractivity contribution < 1.29 is 4.39 Å². The molecule has 0 aliphatic carbocycles. The zero-order valence-electron chi connectivity index (χ0n) is 6.80. The number of fused-ring (bicyclic) bond motifs is 1. The van der Waals surface area contributed by atoms with Crippen molar-refractivity contribution in [3.05, 3.63) is 34.7 Å². The molecule has 62 valence electrons. The highest BCUT2D eigenvalue weighted by Gasteiger charge is 1.98. The van der Waals surface area contributed by atoms with Gasteiger partial charge in [0, 0.05) is 9.58 Å². The van der Waals surface area contributed by atoms with Gasteiger partial charge in [-0.3, -0.25) is 0 Å². The Morgan fingerprint density at radius 3 is 2.92 bits per heavy atom. The molecule has 0 fully saturated rings. The summed E-state index contributed by atoms with van der Waals surface area (Å²) in [6, 6.07) is 7.85. The molecule has 0 amide bonds. The van der Waals surface area contributed by atoms with E-state index < -0.39 is 0 Å². The van der Waals surface area contributed by atoms with Crippen molar-refractivity contribution in [1.29, 1.82) is 0 Å². The number of aryl methyl sites for hydroxylation is 1. The third kappa shape index (κ3) is 1.23. The zero-order chi connectivity index (χ0) is 8.55. The van der Waals surface area contributed by atoms with Gasteiger partial charge in [-0.2, -0.15) is 0 Å². The molecule has 2 rings (SSSR count). The van der Waals surface area contributed by atoms with Crippen molar-refractivity contribution >= 4 is 21.4 Å². The van der Waals surface area contributed by atoms with Gasteiger partial charge >= 0.3 is 0 Å². The summed E-state index contributed by atoms with van der Waals surface area (Å²) < 4.78 is 13.5. The minimum Gasteiger partial charge on any atom is -0.246 e. The van der Waals surface area contributed by atoms with Crippen LogP contribution in [0.25, 0.3) is 10.1 Å². The number of alkyl halides is 1. The SMILES string of the molecule is Cc1cc2cc(CF)ccc2s1. The molecule has 0 radical (unpaired) electrons. The maximum Gasteiger partial charge on any atom is 0.115 e. The van der Waals surface area contributed by atoms with E-state index in [0.29, 0.717) is 0 Å². The fraction of sp³-hybridized carbons (Fsp3) is 0.200. The molecule has 0 aliphatic rings. The Bertz CT molecular complexity index is 403. The van der Waals surface area contributed by atoms with Crippen molar-refractivity contribution in [1.82, 2.24) is 0 Å². The normalized spacial score (nSPS) is 10.8. The number of hydrogen-bond acceptors (Lipinski definition) is 1. The van der Waals surface area contributed by atoms with Crippen LogP contribution in [0.1, 0.15) is 10.4 Å². The quantitative estimate of drug-likeness (QED) is 0.628. The number of thiophene rings is 1. The molecule has 2 aromatic rings. The minimum atomic E-state index is -0.370. The summed E-state index contributed by atoms with van der Waals surface area (Å²) in [5, 5.41) is 1.16. The summed E-state index contributed by atoms with van der Waals surface area (Å²) in [6.45, 7) is 1.70. The largest absolute Gasteiger partial charge is 0.246 e. The lowest BCUT2D eigenvalue weighted by Gasteiger charge is -1.92. The third-order valence-corrected chi connectivity index (χ3v) is 2.89. The predicted molar refractivity (Wildman–Crippen MR) is 51.4 cm³/mol. The Balaban J connectivity index is 2.66. The summed E-state index contributed by atoms with van der Waals surface area (Å²) >= 11 is 1.75. The maximum absolute atomic E-state index is 12.3. The average Bonchev–Trinajstić information content (AvgIpc) is 2.43. The Morgan fingerprint density at radius 2 is 2.17 bits per heavy atom. The van der Waals surface area contributed by atoms with E-state index in [9.17, 15) is 4.39 Å². The Morgan fingerprint density at radius 1 is 1.33 bits per heavy atom. The van der Waals surface area contributed by atoms with Gasteiger partial charge in [0.15, 0.2) is 0 Å². The van der Waals surface area contributed by atoms with Crippen molar-refractivity contribution in [2.45, 2.75) is 13.6 Å². The molecule has 0 unspecified atom stereocenters. The van der Waals surface area contributed by atoms with Crippen LogP contribution in [0.2, 0.25) is 0 Å². The van der Waals surface area contributed by atoms with Crippen molar-refractivity contribution in [2.24, 2.45) is 0 Å². The first-order valence-electron chi connectivity index (χ1n) is 3.84. The van der Waals surface area contributed by atoms with E-state index in [1.165, 1.54) is 9.58 Å². The molecule has 2 heteroatoms. The van der Waals surface area contributed by atoms with E-state index in [2.05, 4.69) is 13.0 Å². The van der Waals surface area contributed by atoms with Crippen LogP contribution in [-0.4, -0.2) is 0 Å². The molecule has 1 aromatic heterocycles. The highest BCUT2D eigenvalue weighted by Crippen LogP contribution is 2.25. The zero-order valence-corrected chi connectivity index (χ0v) is 7.62. The van der Waals surface area contributed by atoms with Crippen LogP contribution in [0.3, 0.4) is 0 Å². The number of hydrogen-bond donors (Lipinski definition) is 0. The van der Waals surface area contributed by atoms with Crippen molar-refractivity contribution in [3.63, 3.8) is 0 Å². The van der Waals surface area contributed by atoms with Gasteiger partial charge in [-0.15, -0.1) is 11.3 Å². The van der Waals surface area contributed by atoms with Crippen LogP contribution in [-0.2, 0) is 6.67 Å². The molecular weight excluding hydrogens is 171 g/mol. The molecule has 0 saturated carbocycles. The first kappa shape index (κ1) is 7.74. The molecule has 0 aliphatic heterocycles. The smallest absolute Gasteiger partial charge is 0.115 e. The van der Waals surface area contributed by atoms with E-state index in [1.54, 1.807) is 11.3 Å². The summed E-state index contributed by atoms with van der Waals surface area (Å²) in [7, 11) is 0. The summed E-state index contributed by atoms with van der Waals surface area (Å²) in [4.78, 5) is 1.28. The van der Waals surface area contributed by atoms with Crippen LogP contribution in [0.15, 0.2) is 24.3 Å². The second-order valence-electron chi connectivity index (χ2n) is 2.86. The Kier molecular flexibility index (Phi) is 1.85. The van der Waals surface area contributed by atoms with Crippen LogP contribution in [0.5, 0.6) is 0 Å². The van der Waals surface area contributed by atoms with Crippen molar-refractivity contribution in [2.75, 3.05) is 0 Å². The fourth-order valence-corrected chi connectivity index (χ4v) is 2.21. The number of rotatable bonds is 1.